The molecule has 0 saturated heterocycles. The van der Waals surface area contributed by atoms with Crippen LogP contribution in [0.15, 0.2) is 72.8 Å². The molecule has 0 unspecified atom stereocenters. The highest BCUT2D eigenvalue weighted by Gasteiger charge is 2.13. The number of nitrogens with zero attached hydrogens (tertiary/aromatic N) is 2. The Hall–Kier alpha value is -3.32. The van der Waals surface area contributed by atoms with Gasteiger partial charge in [-0.05, 0) is 48.0 Å². The second-order valence-electron chi connectivity index (χ2n) is 6.85. The van der Waals surface area contributed by atoms with E-state index >= 15 is 0 Å². The predicted molar refractivity (Wildman–Crippen MR) is 115 cm³/mol. The molecule has 0 amide bonds. The van der Waals surface area contributed by atoms with E-state index in [1.165, 1.54) is 17.6 Å². The number of anilines is 1. The van der Waals surface area contributed by atoms with Gasteiger partial charge in [0.2, 0.25) is 10.0 Å². The van der Waals surface area contributed by atoms with Crippen LogP contribution < -0.4 is 9.04 Å². The zero-order valence-electron chi connectivity index (χ0n) is 16.2. The standard InChI is InChI=1S/C22H21N3O3S/c1-25(29(2,26)27)17-10-13-20-21(15-17)24-22(23-20)14-16-8-11-19(12-9-16)28-18-6-4-3-5-7-18/h3-13,15H,14H2,1-2H3,(H,23,24). The van der Waals surface area contributed by atoms with Gasteiger partial charge >= 0.3 is 0 Å². The number of aromatic amines is 1. The van der Waals surface area contributed by atoms with Gasteiger partial charge in [0.25, 0.3) is 0 Å². The molecule has 1 N–H and O–H groups in total. The monoisotopic (exact) mass is 407 g/mol. The first-order valence-corrected chi connectivity index (χ1v) is 11.0. The maximum Gasteiger partial charge on any atom is 0.231 e. The number of rotatable bonds is 6. The summed E-state index contributed by atoms with van der Waals surface area (Å²) in [6.07, 6.45) is 1.82. The van der Waals surface area contributed by atoms with Crippen molar-refractivity contribution >= 4 is 26.7 Å². The normalized spacial score (nSPS) is 11.5. The lowest BCUT2D eigenvalue weighted by atomic mass is 10.1. The quantitative estimate of drug-likeness (QED) is 0.516. The zero-order chi connectivity index (χ0) is 20.4. The number of imidazole rings is 1. The fourth-order valence-electron chi connectivity index (χ4n) is 3.01. The van der Waals surface area contributed by atoms with Gasteiger partial charge in [-0.25, -0.2) is 13.4 Å². The van der Waals surface area contributed by atoms with Gasteiger partial charge in [0.05, 0.1) is 23.0 Å². The number of nitrogens with one attached hydrogen (secondary N) is 1. The third-order valence-electron chi connectivity index (χ3n) is 4.65. The fourth-order valence-corrected chi connectivity index (χ4v) is 3.51. The summed E-state index contributed by atoms with van der Waals surface area (Å²) in [7, 11) is -1.77. The Morgan fingerprint density at radius 2 is 1.66 bits per heavy atom. The van der Waals surface area contributed by atoms with Gasteiger partial charge < -0.3 is 9.72 Å². The molecule has 4 aromatic rings. The van der Waals surface area contributed by atoms with Crippen LogP contribution >= 0.6 is 0 Å². The van der Waals surface area contributed by atoms with E-state index in [4.69, 9.17) is 4.74 Å². The van der Waals surface area contributed by atoms with E-state index in [9.17, 15) is 8.42 Å². The molecule has 0 atom stereocenters. The summed E-state index contributed by atoms with van der Waals surface area (Å²) in [5.41, 5.74) is 3.29. The molecule has 1 aromatic heterocycles. The Bertz CT molecular complexity index is 1230. The van der Waals surface area contributed by atoms with Crippen LogP contribution in [-0.4, -0.2) is 31.7 Å². The first kappa shape index (κ1) is 19.0. The summed E-state index contributed by atoms with van der Waals surface area (Å²) in [6, 6.07) is 22.9. The second kappa shape index (κ2) is 7.60. The molecular weight excluding hydrogens is 386 g/mol. The summed E-state index contributed by atoms with van der Waals surface area (Å²) >= 11 is 0. The topological polar surface area (TPSA) is 75.3 Å². The highest BCUT2D eigenvalue weighted by molar-refractivity contribution is 7.92. The molecule has 0 aliphatic rings. The smallest absolute Gasteiger partial charge is 0.231 e. The average molecular weight is 407 g/mol. The number of aromatic nitrogens is 2. The van der Waals surface area contributed by atoms with Crippen LogP contribution in [0.25, 0.3) is 11.0 Å². The van der Waals surface area contributed by atoms with Gasteiger partial charge in [-0.1, -0.05) is 30.3 Å². The number of fused-ring (bicyclic) bond motifs is 1. The maximum atomic E-state index is 11.7. The Labute approximate surface area is 169 Å². The van der Waals surface area contributed by atoms with Crippen molar-refractivity contribution in [2.45, 2.75) is 6.42 Å². The average Bonchev–Trinajstić information content (AvgIpc) is 3.10. The second-order valence-corrected chi connectivity index (χ2v) is 8.87. The molecule has 0 aliphatic carbocycles. The van der Waals surface area contributed by atoms with Gasteiger partial charge in [-0.15, -0.1) is 0 Å². The van der Waals surface area contributed by atoms with Crippen LogP contribution in [0.3, 0.4) is 0 Å². The first-order valence-electron chi connectivity index (χ1n) is 9.13. The first-order chi connectivity index (χ1) is 13.9. The summed E-state index contributed by atoms with van der Waals surface area (Å²) < 4.78 is 30.6. The molecular formula is C22H21N3O3S. The Morgan fingerprint density at radius 3 is 2.34 bits per heavy atom. The van der Waals surface area contributed by atoms with Crippen molar-refractivity contribution in [2.24, 2.45) is 0 Å². The van der Waals surface area contributed by atoms with E-state index < -0.39 is 10.0 Å². The van der Waals surface area contributed by atoms with Crippen LogP contribution in [0.5, 0.6) is 11.5 Å². The number of hydrogen-bond donors (Lipinski definition) is 1. The van der Waals surface area contributed by atoms with Crippen molar-refractivity contribution in [1.82, 2.24) is 9.97 Å². The van der Waals surface area contributed by atoms with Crippen molar-refractivity contribution in [3.63, 3.8) is 0 Å². The SMILES string of the molecule is CN(c1ccc2nc(Cc3ccc(Oc4ccccc4)cc3)[nH]c2c1)S(C)(=O)=O. The lowest BCUT2D eigenvalue weighted by Crippen LogP contribution is -2.24. The van der Waals surface area contributed by atoms with Gasteiger partial charge in [-0.3, -0.25) is 4.31 Å². The highest BCUT2D eigenvalue weighted by Crippen LogP contribution is 2.24. The largest absolute Gasteiger partial charge is 0.457 e. The third-order valence-corrected chi connectivity index (χ3v) is 5.86. The van der Waals surface area contributed by atoms with Gasteiger partial charge in [0, 0.05) is 13.5 Å². The van der Waals surface area contributed by atoms with E-state index in [2.05, 4.69) is 9.97 Å². The molecule has 0 aliphatic heterocycles. The van der Waals surface area contributed by atoms with Crippen LogP contribution in [0.1, 0.15) is 11.4 Å². The highest BCUT2D eigenvalue weighted by atomic mass is 32.2. The molecule has 0 radical (unpaired) electrons. The minimum absolute atomic E-state index is 0.595. The molecule has 0 bridgehead atoms. The number of hydrogen-bond acceptors (Lipinski definition) is 4. The fraction of sp³-hybridized carbons (Fsp3) is 0.136. The van der Waals surface area contributed by atoms with Crippen molar-refractivity contribution in [2.75, 3.05) is 17.6 Å². The molecule has 7 heteroatoms. The minimum Gasteiger partial charge on any atom is -0.457 e. The van der Waals surface area contributed by atoms with Crippen LogP contribution in [0.4, 0.5) is 5.69 Å². The predicted octanol–water partition coefficient (Wildman–Crippen LogP) is 4.34. The van der Waals surface area contributed by atoms with E-state index in [1.807, 2.05) is 60.7 Å². The van der Waals surface area contributed by atoms with Crippen molar-refractivity contribution < 1.29 is 13.2 Å². The lowest BCUT2D eigenvalue weighted by Gasteiger charge is -2.16. The number of sulfonamides is 1. The van der Waals surface area contributed by atoms with Gasteiger partial charge in [-0.2, -0.15) is 0 Å². The zero-order valence-corrected chi connectivity index (χ0v) is 17.0. The number of para-hydroxylation sites is 1. The van der Waals surface area contributed by atoms with E-state index in [1.54, 1.807) is 12.1 Å². The molecule has 1 heterocycles. The van der Waals surface area contributed by atoms with Crippen molar-refractivity contribution in [3.8, 4) is 11.5 Å². The molecule has 0 fully saturated rings. The summed E-state index contributed by atoms with van der Waals surface area (Å²) in [6.45, 7) is 0. The van der Waals surface area contributed by atoms with Crippen LogP contribution in [0, 0.1) is 0 Å². The maximum absolute atomic E-state index is 11.7. The number of ether oxygens (including phenoxy) is 1. The number of H-pyrrole nitrogens is 1. The van der Waals surface area contributed by atoms with Gasteiger partial charge in [0.1, 0.15) is 17.3 Å². The van der Waals surface area contributed by atoms with Crippen LogP contribution in [0.2, 0.25) is 0 Å². The Morgan fingerprint density at radius 1 is 0.966 bits per heavy atom. The van der Waals surface area contributed by atoms with Gasteiger partial charge in [0.15, 0.2) is 0 Å². The molecule has 29 heavy (non-hydrogen) atoms. The lowest BCUT2D eigenvalue weighted by molar-refractivity contribution is 0.482. The Kier molecular flexibility index (Phi) is 4.98. The minimum atomic E-state index is -3.31. The Balaban J connectivity index is 1.50. The summed E-state index contributed by atoms with van der Waals surface area (Å²) in [5.74, 6) is 2.39. The molecule has 148 valence electrons. The van der Waals surface area contributed by atoms with Crippen molar-refractivity contribution in [1.29, 1.82) is 0 Å². The molecule has 0 saturated carbocycles. The molecule has 6 nitrogen and oxygen atoms in total. The number of benzene rings is 3. The van der Waals surface area contributed by atoms with E-state index in [-0.39, 0.29) is 0 Å². The van der Waals surface area contributed by atoms with E-state index in [0.29, 0.717) is 12.1 Å². The summed E-state index contributed by atoms with van der Waals surface area (Å²) in [4.78, 5) is 7.89. The molecule has 3 aromatic carbocycles. The van der Waals surface area contributed by atoms with E-state index in [0.717, 1.165) is 33.9 Å². The van der Waals surface area contributed by atoms with Crippen molar-refractivity contribution in [3.05, 3.63) is 84.2 Å². The summed E-state index contributed by atoms with van der Waals surface area (Å²) in [5, 5.41) is 0. The molecule has 0 spiro atoms. The molecule has 4 rings (SSSR count). The van der Waals surface area contributed by atoms with Crippen LogP contribution in [-0.2, 0) is 16.4 Å². The third kappa shape index (κ3) is 4.41.